The average Bonchev–Trinajstić information content (AvgIpc) is 3.04. The summed E-state index contributed by atoms with van der Waals surface area (Å²) in [5, 5.41) is 0.794. The van der Waals surface area contributed by atoms with Gasteiger partial charge in [-0.25, -0.2) is 0 Å². The highest BCUT2D eigenvalue weighted by Gasteiger charge is 2.17. The maximum absolute atomic E-state index is 11.5. The highest BCUT2D eigenvalue weighted by atomic mass is 35.5. The summed E-state index contributed by atoms with van der Waals surface area (Å²) in [5.74, 6) is 0.134. The molecule has 0 amide bonds. The predicted octanol–water partition coefficient (Wildman–Crippen LogP) is 3.56. The van der Waals surface area contributed by atoms with Crippen LogP contribution in [0, 0.1) is 0 Å². The molecule has 1 fully saturated rings. The Kier molecular flexibility index (Phi) is 5.59. The number of halogens is 1. The van der Waals surface area contributed by atoms with Crippen molar-refractivity contribution in [3.8, 4) is 0 Å². The zero-order valence-corrected chi connectivity index (χ0v) is 14.9. The Hall–Kier alpha value is -1.78. The second-order valence-corrected chi connectivity index (χ2v) is 6.74. The molecule has 128 valence electrons. The van der Waals surface area contributed by atoms with Gasteiger partial charge in [-0.2, -0.15) is 0 Å². The molecule has 0 radical (unpaired) electrons. The minimum atomic E-state index is 0.134. The number of rotatable bonds is 6. The van der Waals surface area contributed by atoms with E-state index >= 15 is 0 Å². The summed E-state index contributed by atoms with van der Waals surface area (Å²) in [6.07, 6.45) is 3.06. The highest BCUT2D eigenvalue weighted by molar-refractivity contribution is 6.30. The quantitative estimate of drug-likeness (QED) is 0.749. The van der Waals surface area contributed by atoms with E-state index in [9.17, 15) is 4.79 Å². The summed E-state index contributed by atoms with van der Waals surface area (Å²) >= 11 is 6.08. The molecule has 3 rings (SSSR count). The topological polar surface area (TPSA) is 28.5 Å². The Bertz CT molecular complexity index is 689. The van der Waals surface area contributed by atoms with Gasteiger partial charge in [-0.05, 0) is 43.3 Å². The lowest BCUT2D eigenvalue weighted by molar-refractivity contribution is 0.100. The van der Waals surface area contributed by atoms with Gasteiger partial charge < -0.3 is 9.47 Å². The SMILES string of the molecule is CC(=O)c1cccn1CCCN1CCN(c2cccc(Cl)c2)CC1. The van der Waals surface area contributed by atoms with Crippen molar-refractivity contribution >= 4 is 23.1 Å². The van der Waals surface area contributed by atoms with E-state index in [0.717, 1.165) is 56.4 Å². The monoisotopic (exact) mass is 345 g/mol. The Balaban J connectivity index is 1.44. The largest absolute Gasteiger partial charge is 0.369 e. The summed E-state index contributed by atoms with van der Waals surface area (Å²) in [6, 6.07) is 11.9. The molecule has 2 aromatic rings. The van der Waals surface area contributed by atoms with Crippen LogP contribution >= 0.6 is 11.6 Å². The van der Waals surface area contributed by atoms with Crippen molar-refractivity contribution < 1.29 is 4.79 Å². The van der Waals surface area contributed by atoms with Gasteiger partial charge in [-0.3, -0.25) is 9.69 Å². The van der Waals surface area contributed by atoms with Crippen LogP contribution in [0.25, 0.3) is 0 Å². The molecule has 1 aliphatic heterocycles. The molecule has 1 saturated heterocycles. The first kappa shape index (κ1) is 17.1. The van der Waals surface area contributed by atoms with Crippen molar-refractivity contribution in [1.29, 1.82) is 0 Å². The third-order valence-electron chi connectivity index (χ3n) is 4.61. The molecular formula is C19H24ClN3O. The van der Waals surface area contributed by atoms with Gasteiger partial charge in [0.1, 0.15) is 0 Å². The van der Waals surface area contributed by atoms with E-state index in [2.05, 4.69) is 20.4 Å². The molecule has 0 atom stereocenters. The first-order chi connectivity index (χ1) is 11.6. The van der Waals surface area contributed by atoms with Crippen LogP contribution in [0.5, 0.6) is 0 Å². The Labute approximate surface area is 148 Å². The van der Waals surface area contributed by atoms with Gasteiger partial charge in [0.25, 0.3) is 0 Å². The average molecular weight is 346 g/mol. The fraction of sp³-hybridized carbons (Fsp3) is 0.421. The molecule has 1 aliphatic rings. The van der Waals surface area contributed by atoms with Crippen LogP contribution in [0.1, 0.15) is 23.8 Å². The number of carbonyl (C=O) groups is 1. The Morgan fingerprint density at radius 1 is 1.08 bits per heavy atom. The number of hydrogen-bond acceptors (Lipinski definition) is 3. The Morgan fingerprint density at radius 2 is 1.88 bits per heavy atom. The second-order valence-electron chi connectivity index (χ2n) is 6.31. The summed E-state index contributed by atoms with van der Waals surface area (Å²) in [6.45, 7) is 7.79. The predicted molar refractivity (Wildman–Crippen MR) is 99.2 cm³/mol. The minimum absolute atomic E-state index is 0.134. The number of aryl methyl sites for hydroxylation is 1. The number of carbonyl (C=O) groups excluding carboxylic acids is 1. The third kappa shape index (κ3) is 4.19. The van der Waals surface area contributed by atoms with Crippen molar-refractivity contribution in [3.05, 3.63) is 53.3 Å². The number of Topliss-reactive ketones (excluding diaryl/α,β-unsaturated/α-hetero) is 1. The molecule has 0 bridgehead atoms. The van der Waals surface area contributed by atoms with E-state index in [1.54, 1.807) is 6.92 Å². The van der Waals surface area contributed by atoms with Gasteiger partial charge in [-0.1, -0.05) is 17.7 Å². The highest BCUT2D eigenvalue weighted by Crippen LogP contribution is 2.20. The molecule has 0 N–H and O–H groups in total. The summed E-state index contributed by atoms with van der Waals surface area (Å²) in [5.41, 5.74) is 2.02. The summed E-state index contributed by atoms with van der Waals surface area (Å²) in [4.78, 5) is 16.4. The number of benzene rings is 1. The van der Waals surface area contributed by atoms with Crippen LogP contribution < -0.4 is 4.90 Å². The molecule has 5 heteroatoms. The normalized spacial score (nSPS) is 15.7. The number of nitrogens with zero attached hydrogens (tertiary/aromatic N) is 3. The van der Waals surface area contributed by atoms with Crippen molar-refractivity contribution in [2.75, 3.05) is 37.6 Å². The molecule has 0 spiro atoms. The van der Waals surface area contributed by atoms with Crippen LogP contribution in [-0.2, 0) is 6.54 Å². The second kappa shape index (κ2) is 7.86. The lowest BCUT2D eigenvalue weighted by Crippen LogP contribution is -2.46. The van der Waals surface area contributed by atoms with Crippen LogP contribution in [0.2, 0.25) is 5.02 Å². The van der Waals surface area contributed by atoms with Gasteiger partial charge in [0.05, 0.1) is 5.69 Å². The van der Waals surface area contributed by atoms with Gasteiger partial charge in [0, 0.05) is 56.6 Å². The number of aromatic nitrogens is 1. The molecular weight excluding hydrogens is 322 g/mol. The maximum Gasteiger partial charge on any atom is 0.176 e. The lowest BCUT2D eigenvalue weighted by Gasteiger charge is -2.36. The van der Waals surface area contributed by atoms with E-state index < -0.39 is 0 Å². The standard InChI is InChI=1S/C19H24ClN3O/c1-16(24)19-7-3-9-23(19)10-4-8-21-11-13-22(14-12-21)18-6-2-5-17(20)15-18/h2-3,5-7,9,15H,4,8,10-14H2,1H3. The first-order valence-corrected chi connectivity index (χ1v) is 8.90. The smallest absolute Gasteiger partial charge is 0.176 e. The summed E-state index contributed by atoms with van der Waals surface area (Å²) < 4.78 is 2.06. The maximum atomic E-state index is 11.5. The van der Waals surface area contributed by atoms with Crippen LogP contribution in [-0.4, -0.2) is 48.0 Å². The molecule has 0 unspecified atom stereocenters. The van der Waals surface area contributed by atoms with Gasteiger partial charge >= 0.3 is 0 Å². The summed E-state index contributed by atoms with van der Waals surface area (Å²) in [7, 11) is 0. The van der Waals surface area contributed by atoms with Gasteiger partial charge in [0.2, 0.25) is 0 Å². The molecule has 0 saturated carbocycles. The number of piperazine rings is 1. The first-order valence-electron chi connectivity index (χ1n) is 8.52. The van der Waals surface area contributed by atoms with E-state index in [-0.39, 0.29) is 5.78 Å². The molecule has 24 heavy (non-hydrogen) atoms. The number of anilines is 1. The van der Waals surface area contributed by atoms with Gasteiger partial charge in [-0.15, -0.1) is 0 Å². The zero-order chi connectivity index (χ0) is 16.9. The molecule has 0 aliphatic carbocycles. The fourth-order valence-corrected chi connectivity index (χ4v) is 3.48. The molecule has 1 aromatic heterocycles. The minimum Gasteiger partial charge on any atom is -0.369 e. The fourth-order valence-electron chi connectivity index (χ4n) is 3.30. The molecule has 2 heterocycles. The van der Waals surface area contributed by atoms with Crippen molar-refractivity contribution in [3.63, 3.8) is 0 Å². The zero-order valence-electron chi connectivity index (χ0n) is 14.1. The number of hydrogen-bond donors (Lipinski definition) is 0. The van der Waals surface area contributed by atoms with Crippen LogP contribution in [0.15, 0.2) is 42.6 Å². The van der Waals surface area contributed by atoms with Gasteiger partial charge in [0.15, 0.2) is 5.78 Å². The lowest BCUT2D eigenvalue weighted by atomic mass is 10.2. The van der Waals surface area contributed by atoms with Crippen molar-refractivity contribution in [1.82, 2.24) is 9.47 Å². The Morgan fingerprint density at radius 3 is 2.58 bits per heavy atom. The van der Waals surface area contributed by atoms with Crippen molar-refractivity contribution in [2.24, 2.45) is 0 Å². The van der Waals surface area contributed by atoms with E-state index in [1.807, 2.05) is 36.5 Å². The van der Waals surface area contributed by atoms with Crippen LogP contribution in [0.4, 0.5) is 5.69 Å². The van der Waals surface area contributed by atoms with Crippen molar-refractivity contribution in [2.45, 2.75) is 19.9 Å². The van der Waals surface area contributed by atoms with E-state index in [0.29, 0.717) is 0 Å². The number of ketones is 1. The molecule has 4 nitrogen and oxygen atoms in total. The van der Waals surface area contributed by atoms with Crippen LogP contribution in [0.3, 0.4) is 0 Å². The molecule has 1 aromatic carbocycles. The van der Waals surface area contributed by atoms with E-state index in [4.69, 9.17) is 11.6 Å². The van der Waals surface area contributed by atoms with E-state index in [1.165, 1.54) is 5.69 Å². The third-order valence-corrected chi connectivity index (χ3v) is 4.84.